The summed E-state index contributed by atoms with van der Waals surface area (Å²) >= 11 is 11.6. The second-order valence-electron chi connectivity index (χ2n) is 6.45. The van der Waals surface area contributed by atoms with Gasteiger partial charge in [0, 0.05) is 11.6 Å². The molecule has 2 rings (SSSR count). The molecule has 0 bridgehead atoms. The third kappa shape index (κ3) is 6.74. The summed E-state index contributed by atoms with van der Waals surface area (Å²) in [7, 11) is 0. The van der Waals surface area contributed by atoms with Gasteiger partial charge in [-0.3, -0.25) is 15.6 Å². The maximum absolute atomic E-state index is 12.5. The van der Waals surface area contributed by atoms with Crippen molar-refractivity contribution in [2.75, 3.05) is 13.2 Å². The van der Waals surface area contributed by atoms with Crippen molar-refractivity contribution in [3.8, 4) is 11.5 Å². The molecule has 0 radical (unpaired) electrons. The first-order chi connectivity index (χ1) is 13.0. The molecule has 0 saturated heterocycles. The van der Waals surface area contributed by atoms with E-state index in [-0.39, 0.29) is 5.91 Å². The average Bonchev–Trinajstić information content (AvgIpc) is 3.15. The molecule has 1 fully saturated rings. The number of hydrazine groups is 1. The maximum atomic E-state index is 12.5. The van der Waals surface area contributed by atoms with Gasteiger partial charge in [-0.1, -0.05) is 37.8 Å². The van der Waals surface area contributed by atoms with Crippen LogP contribution in [0, 0.1) is 0 Å². The van der Waals surface area contributed by atoms with Crippen molar-refractivity contribution in [2.24, 2.45) is 0 Å². The smallest absolute Gasteiger partial charge is 0.269 e. The number of hydrogen-bond donors (Lipinski definition) is 3. The highest BCUT2D eigenvalue weighted by atomic mass is 35.5. The molecule has 1 aliphatic rings. The SMILES string of the molecule is CCCCOc1c(Cl)cc(C(=O)NNC(=S)NC2CCCC2)cc1OCC. The van der Waals surface area contributed by atoms with Gasteiger partial charge >= 0.3 is 0 Å². The molecule has 0 aromatic heterocycles. The van der Waals surface area contributed by atoms with E-state index >= 15 is 0 Å². The number of carbonyl (C=O) groups excluding carboxylic acids is 1. The summed E-state index contributed by atoms with van der Waals surface area (Å²) in [5.41, 5.74) is 5.70. The Morgan fingerprint density at radius 3 is 2.63 bits per heavy atom. The summed E-state index contributed by atoms with van der Waals surface area (Å²) in [6.45, 7) is 4.94. The van der Waals surface area contributed by atoms with Gasteiger partial charge in [-0.25, -0.2) is 0 Å². The third-order valence-corrected chi connectivity index (χ3v) is 4.80. The minimum Gasteiger partial charge on any atom is -0.490 e. The zero-order chi connectivity index (χ0) is 19.6. The van der Waals surface area contributed by atoms with E-state index in [2.05, 4.69) is 23.1 Å². The Kier molecular flexibility index (Phi) is 8.94. The van der Waals surface area contributed by atoms with Crippen LogP contribution in [0.5, 0.6) is 11.5 Å². The Labute approximate surface area is 171 Å². The number of hydrogen-bond acceptors (Lipinski definition) is 4. The topological polar surface area (TPSA) is 71.6 Å². The molecule has 1 aromatic rings. The molecule has 0 heterocycles. The van der Waals surface area contributed by atoms with Crippen molar-refractivity contribution < 1.29 is 14.3 Å². The Morgan fingerprint density at radius 2 is 1.96 bits per heavy atom. The highest BCUT2D eigenvalue weighted by Gasteiger charge is 2.18. The average molecular weight is 414 g/mol. The molecular formula is C19H28ClN3O3S. The molecule has 0 aliphatic heterocycles. The van der Waals surface area contributed by atoms with E-state index in [9.17, 15) is 4.79 Å². The highest BCUT2D eigenvalue weighted by Crippen LogP contribution is 2.36. The number of benzene rings is 1. The molecule has 1 aromatic carbocycles. The quantitative estimate of drug-likeness (QED) is 0.340. The predicted octanol–water partition coefficient (Wildman–Crippen LogP) is 3.97. The summed E-state index contributed by atoms with van der Waals surface area (Å²) in [6, 6.07) is 3.57. The lowest BCUT2D eigenvalue weighted by atomic mass is 10.2. The van der Waals surface area contributed by atoms with Gasteiger partial charge < -0.3 is 14.8 Å². The molecule has 150 valence electrons. The van der Waals surface area contributed by atoms with Crippen LogP contribution in [0.25, 0.3) is 0 Å². The van der Waals surface area contributed by atoms with Crippen LogP contribution in [0.4, 0.5) is 0 Å². The number of halogens is 1. The number of unbranched alkanes of at least 4 members (excludes halogenated alkanes) is 1. The molecule has 0 atom stereocenters. The van der Waals surface area contributed by atoms with Crippen molar-refractivity contribution in [2.45, 2.75) is 58.4 Å². The van der Waals surface area contributed by atoms with E-state index < -0.39 is 0 Å². The standard InChI is InChI=1S/C19H28ClN3O3S/c1-3-5-10-26-17-15(20)11-13(12-16(17)25-4-2)18(24)22-23-19(27)21-14-8-6-7-9-14/h11-12,14H,3-10H2,1-2H3,(H,22,24)(H2,21,23,27). The van der Waals surface area contributed by atoms with E-state index in [1.54, 1.807) is 12.1 Å². The number of amides is 1. The fourth-order valence-corrected chi connectivity index (χ4v) is 3.38. The summed E-state index contributed by atoms with van der Waals surface area (Å²) in [6.07, 6.45) is 6.54. The van der Waals surface area contributed by atoms with Gasteiger partial charge in [-0.2, -0.15) is 0 Å². The van der Waals surface area contributed by atoms with Crippen LogP contribution in [-0.2, 0) is 0 Å². The monoisotopic (exact) mass is 413 g/mol. The molecular weight excluding hydrogens is 386 g/mol. The Hall–Kier alpha value is -1.73. The molecule has 3 N–H and O–H groups in total. The molecule has 8 heteroatoms. The summed E-state index contributed by atoms with van der Waals surface area (Å²) in [5, 5.41) is 3.95. The van der Waals surface area contributed by atoms with Crippen molar-refractivity contribution in [1.29, 1.82) is 0 Å². The van der Waals surface area contributed by atoms with Gasteiger partial charge in [0.15, 0.2) is 16.6 Å². The second-order valence-corrected chi connectivity index (χ2v) is 7.27. The number of carbonyl (C=O) groups is 1. The molecule has 27 heavy (non-hydrogen) atoms. The number of ether oxygens (including phenoxy) is 2. The van der Waals surface area contributed by atoms with Crippen LogP contribution in [0.15, 0.2) is 12.1 Å². The van der Waals surface area contributed by atoms with Gasteiger partial charge in [-0.15, -0.1) is 0 Å². The molecule has 1 saturated carbocycles. The van der Waals surface area contributed by atoms with Crippen LogP contribution in [0.1, 0.15) is 62.7 Å². The first-order valence-electron chi connectivity index (χ1n) is 9.51. The van der Waals surface area contributed by atoms with Crippen molar-refractivity contribution in [3.63, 3.8) is 0 Å². The summed E-state index contributed by atoms with van der Waals surface area (Å²) in [5.74, 6) is 0.571. The van der Waals surface area contributed by atoms with Gasteiger partial charge in [0.2, 0.25) is 0 Å². The van der Waals surface area contributed by atoms with E-state index in [0.29, 0.717) is 46.5 Å². The highest BCUT2D eigenvalue weighted by molar-refractivity contribution is 7.80. The lowest BCUT2D eigenvalue weighted by molar-refractivity contribution is 0.0943. The van der Waals surface area contributed by atoms with Crippen LogP contribution in [-0.4, -0.2) is 30.3 Å². The fraction of sp³-hybridized carbons (Fsp3) is 0.579. The van der Waals surface area contributed by atoms with Crippen molar-refractivity contribution in [3.05, 3.63) is 22.7 Å². The molecule has 1 aliphatic carbocycles. The Morgan fingerprint density at radius 1 is 1.22 bits per heavy atom. The minimum absolute atomic E-state index is 0.342. The molecule has 0 unspecified atom stereocenters. The first-order valence-corrected chi connectivity index (χ1v) is 10.3. The lowest BCUT2D eigenvalue weighted by Crippen LogP contribution is -2.49. The van der Waals surface area contributed by atoms with Gasteiger partial charge in [0.05, 0.1) is 18.2 Å². The zero-order valence-electron chi connectivity index (χ0n) is 15.9. The maximum Gasteiger partial charge on any atom is 0.269 e. The van der Waals surface area contributed by atoms with Gasteiger partial charge in [-0.05, 0) is 50.5 Å². The van der Waals surface area contributed by atoms with Crippen molar-refractivity contribution in [1.82, 2.24) is 16.2 Å². The molecule has 1 amide bonds. The van der Waals surface area contributed by atoms with Crippen LogP contribution in [0.3, 0.4) is 0 Å². The van der Waals surface area contributed by atoms with E-state index in [4.69, 9.17) is 33.3 Å². The van der Waals surface area contributed by atoms with Gasteiger partial charge in [0.25, 0.3) is 5.91 Å². The van der Waals surface area contributed by atoms with E-state index in [0.717, 1.165) is 25.7 Å². The fourth-order valence-electron chi connectivity index (χ4n) is 2.90. The predicted molar refractivity (Wildman–Crippen MR) is 112 cm³/mol. The largest absolute Gasteiger partial charge is 0.490 e. The zero-order valence-corrected chi connectivity index (χ0v) is 17.5. The minimum atomic E-state index is -0.353. The summed E-state index contributed by atoms with van der Waals surface area (Å²) in [4.78, 5) is 12.5. The Balaban J connectivity index is 1.98. The van der Waals surface area contributed by atoms with Crippen LogP contribution < -0.4 is 25.6 Å². The normalized spacial score (nSPS) is 13.9. The molecule has 6 nitrogen and oxygen atoms in total. The number of nitrogens with one attached hydrogen (secondary N) is 3. The summed E-state index contributed by atoms with van der Waals surface area (Å²) < 4.78 is 11.3. The van der Waals surface area contributed by atoms with E-state index in [1.807, 2.05) is 6.92 Å². The lowest BCUT2D eigenvalue weighted by Gasteiger charge is -2.17. The van der Waals surface area contributed by atoms with Crippen LogP contribution in [0.2, 0.25) is 5.02 Å². The first kappa shape index (κ1) is 21.6. The van der Waals surface area contributed by atoms with Crippen LogP contribution >= 0.6 is 23.8 Å². The Bertz CT molecular complexity index is 651. The number of rotatable bonds is 8. The third-order valence-electron chi connectivity index (χ3n) is 4.30. The number of thiocarbonyl (C=S) groups is 1. The van der Waals surface area contributed by atoms with Crippen molar-refractivity contribution >= 4 is 34.8 Å². The second kappa shape index (κ2) is 11.2. The van der Waals surface area contributed by atoms with Gasteiger partial charge in [0.1, 0.15) is 0 Å². The van der Waals surface area contributed by atoms with E-state index in [1.165, 1.54) is 12.8 Å². The molecule has 0 spiro atoms.